The maximum Gasteiger partial charge on any atom is 0.323 e. The van der Waals surface area contributed by atoms with E-state index in [2.05, 4.69) is 11.2 Å². The maximum absolute atomic E-state index is 11.7. The number of carbonyl (C=O) groups is 2. The van der Waals surface area contributed by atoms with Crippen LogP contribution in [0.4, 0.5) is 4.79 Å². The van der Waals surface area contributed by atoms with Crippen molar-refractivity contribution in [1.82, 2.24) is 10.2 Å². The second kappa shape index (κ2) is 6.43. The molecule has 0 aliphatic carbocycles. The van der Waals surface area contributed by atoms with Gasteiger partial charge in [0, 0.05) is 6.54 Å². The molecular weight excluding hydrogens is 272 g/mol. The third-order valence-corrected chi connectivity index (χ3v) is 5.12. The second-order valence-corrected chi connectivity index (χ2v) is 6.67. The smallest absolute Gasteiger partial charge is 0.323 e. The molecular formula is C11H16N2O5S. The number of sulfone groups is 1. The molecule has 0 radical (unpaired) electrons. The molecule has 0 aromatic carbocycles. The van der Waals surface area contributed by atoms with Crippen molar-refractivity contribution in [2.24, 2.45) is 0 Å². The molecule has 1 aliphatic heterocycles. The normalized spacial score (nSPS) is 20.5. The maximum atomic E-state index is 11.7. The standard InChI is InChI=1S/C11H16N2O5S/c1-2-5-13(8-10(14)15)11(16)12-7-9-4-3-6-19(9,17)18/h1,9H,3-8H2,(H,12,16)(H,14,15). The number of terminal acetylenes is 1. The Morgan fingerprint density at radius 1 is 1.47 bits per heavy atom. The topological polar surface area (TPSA) is 104 Å². The highest BCUT2D eigenvalue weighted by molar-refractivity contribution is 7.92. The van der Waals surface area contributed by atoms with Crippen LogP contribution in [0, 0.1) is 12.3 Å². The van der Waals surface area contributed by atoms with Crippen molar-refractivity contribution in [2.45, 2.75) is 18.1 Å². The number of carboxylic acid groups (broad SMARTS) is 1. The fourth-order valence-electron chi connectivity index (χ4n) is 1.87. The molecule has 7 nitrogen and oxygen atoms in total. The van der Waals surface area contributed by atoms with Crippen molar-refractivity contribution in [1.29, 1.82) is 0 Å². The summed E-state index contributed by atoms with van der Waals surface area (Å²) in [5, 5.41) is 10.5. The predicted molar refractivity (Wildman–Crippen MR) is 68.2 cm³/mol. The number of rotatable bonds is 5. The van der Waals surface area contributed by atoms with E-state index in [1.54, 1.807) is 0 Å². The van der Waals surface area contributed by atoms with E-state index < -0.39 is 33.6 Å². The van der Waals surface area contributed by atoms with Gasteiger partial charge in [0.2, 0.25) is 0 Å². The SMILES string of the molecule is C#CCN(CC(=O)O)C(=O)NCC1CCCS1(=O)=O. The Morgan fingerprint density at radius 3 is 2.63 bits per heavy atom. The van der Waals surface area contributed by atoms with Crippen LogP contribution >= 0.6 is 0 Å². The summed E-state index contributed by atoms with van der Waals surface area (Å²) >= 11 is 0. The minimum Gasteiger partial charge on any atom is -0.480 e. The average Bonchev–Trinajstić information content (AvgIpc) is 2.64. The minimum atomic E-state index is -3.13. The Hall–Kier alpha value is -1.75. The first kappa shape index (κ1) is 15.3. The van der Waals surface area contributed by atoms with E-state index in [-0.39, 0.29) is 18.8 Å². The monoisotopic (exact) mass is 288 g/mol. The third kappa shape index (κ3) is 4.44. The molecule has 0 spiro atoms. The summed E-state index contributed by atoms with van der Waals surface area (Å²) in [6.07, 6.45) is 6.14. The van der Waals surface area contributed by atoms with Crippen molar-refractivity contribution < 1.29 is 23.1 Å². The van der Waals surface area contributed by atoms with Gasteiger partial charge in [-0.2, -0.15) is 0 Å². The zero-order valence-corrected chi connectivity index (χ0v) is 11.1. The van der Waals surface area contributed by atoms with Crippen LogP contribution in [0.3, 0.4) is 0 Å². The summed E-state index contributed by atoms with van der Waals surface area (Å²) < 4.78 is 23.1. The third-order valence-electron chi connectivity index (χ3n) is 2.84. The van der Waals surface area contributed by atoms with Crippen molar-refractivity contribution in [3.63, 3.8) is 0 Å². The molecule has 19 heavy (non-hydrogen) atoms. The van der Waals surface area contributed by atoms with Crippen LogP contribution in [0.2, 0.25) is 0 Å². The van der Waals surface area contributed by atoms with Crippen LogP contribution < -0.4 is 5.32 Å². The van der Waals surface area contributed by atoms with Crippen molar-refractivity contribution in [3.8, 4) is 12.3 Å². The Balaban J connectivity index is 2.53. The number of carbonyl (C=O) groups excluding carboxylic acids is 1. The van der Waals surface area contributed by atoms with E-state index >= 15 is 0 Å². The molecule has 1 fully saturated rings. The number of hydrogen-bond acceptors (Lipinski definition) is 4. The molecule has 1 atom stereocenters. The number of amides is 2. The number of hydrogen-bond donors (Lipinski definition) is 2. The molecule has 8 heteroatoms. The summed E-state index contributed by atoms with van der Waals surface area (Å²) in [5.74, 6) is 1.14. The van der Waals surface area contributed by atoms with Crippen LogP contribution in [-0.4, -0.2) is 61.1 Å². The number of aliphatic carboxylic acids is 1. The number of urea groups is 1. The molecule has 1 saturated heterocycles. The number of nitrogens with one attached hydrogen (secondary N) is 1. The quantitative estimate of drug-likeness (QED) is 0.651. The van der Waals surface area contributed by atoms with Gasteiger partial charge in [0.1, 0.15) is 6.54 Å². The van der Waals surface area contributed by atoms with Gasteiger partial charge in [0.15, 0.2) is 9.84 Å². The lowest BCUT2D eigenvalue weighted by Gasteiger charge is -2.19. The van der Waals surface area contributed by atoms with Gasteiger partial charge in [-0.05, 0) is 12.8 Å². The lowest BCUT2D eigenvalue weighted by molar-refractivity contribution is -0.137. The Labute approximate surface area is 111 Å². The lowest BCUT2D eigenvalue weighted by atomic mass is 10.2. The zero-order valence-electron chi connectivity index (χ0n) is 10.3. The fraction of sp³-hybridized carbons (Fsp3) is 0.636. The first-order chi connectivity index (χ1) is 8.86. The zero-order chi connectivity index (χ0) is 14.5. The van der Waals surface area contributed by atoms with E-state index in [4.69, 9.17) is 11.5 Å². The molecule has 2 N–H and O–H groups in total. The lowest BCUT2D eigenvalue weighted by Crippen LogP contribution is -2.45. The highest BCUT2D eigenvalue weighted by atomic mass is 32.2. The first-order valence-electron chi connectivity index (χ1n) is 5.76. The average molecular weight is 288 g/mol. The molecule has 0 aromatic rings. The van der Waals surface area contributed by atoms with Gasteiger partial charge in [-0.3, -0.25) is 4.79 Å². The first-order valence-corrected chi connectivity index (χ1v) is 7.48. The number of carboxylic acids is 1. The van der Waals surface area contributed by atoms with Gasteiger partial charge in [-0.25, -0.2) is 13.2 Å². The van der Waals surface area contributed by atoms with E-state index in [1.165, 1.54) is 0 Å². The van der Waals surface area contributed by atoms with Gasteiger partial charge < -0.3 is 15.3 Å². The van der Waals surface area contributed by atoms with E-state index in [0.717, 1.165) is 4.90 Å². The van der Waals surface area contributed by atoms with Crippen LogP contribution in [0.5, 0.6) is 0 Å². The molecule has 1 rings (SSSR count). The van der Waals surface area contributed by atoms with E-state index in [9.17, 15) is 18.0 Å². The van der Waals surface area contributed by atoms with Crippen molar-refractivity contribution >= 4 is 21.8 Å². The number of nitrogens with zero attached hydrogens (tertiary/aromatic N) is 1. The summed E-state index contributed by atoms with van der Waals surface area (Å²) in [6, 6.07) is -0.664. The van der Waals surface area contributed by atoms with Gasteiger partial charge >= 0.3 is 12.0 Å². The summed E-state index contributed by atoms with van der Waals surface area (Å²) in [6.45, 7) is -0.676. The predicted octanol–water partition coefficient (Wildman–Crippen LogP) is -0.707. The molecule has 106 valence electrons. The molecule has 2 amide bonds. The van der Waals surface area contributed by atoms with Crippen LogP contribution in [0.15, 0.2) is 0 Å². The highest BCUT2D eigenvalue weighted by Gasteiger charge is 2.31. The molecule has 0 bridgehead atoms. The fourth-order valence-corrected chi connectivity index (χ4v) is 3.64. The molecule has 1 aliphatic rings. The largest absolute Gasteiger partial charge is 0.480 e. The molecule has 1 unspecified atom stereocenters. The van der Waals surface area contributed by atoms with E-state index in [0.29, 0.717) is 12.8 Å². The Bertz CT molecular complexity index is 494. The minimum absolute atomic E-state index is 0.0120. The summed E-state index contributed by atoms with van der Waals surface area (Å²) in [4.78, 5) is 23.2. The van der Waals surface area contributed by atoms with Crippen LogP contribution in [-0.2, 0) is 14.6 Å². The van der Waals surface area contributed by atoms with E-state index in [1.807, 2.05) is 0 Å². The molecule has 0 aromatic heterocycles. The van der Waals surface area contributed by atoms with Crippen molar-refractivity contribution in [2.75, 3.05) is 25.4 Å². The van der Waals surface area contributed by atoms with Gasteiger partial charge in [-0.15, -0.1) is 6.42 Å². The molecule has 0 saturated carbocycles. The summed E-state index contributed by atoms with van der Waals surface area (Å²) in [7, 11) is -3.13. The van der Waals surface area contributed by atoms with Gasteiger partial charge in [-0.1, -0.05) is 5.92 Å². The molecule has 1 heterocycles. The van der Waals surface area contributed by atoms with Gasteiger partial charge in [0.05, 0.1) is 17.5 Å². The summed E-state index contributed by atoms with van der Waals surface area (Å²) in [5.41, 5.74) is 0. The Kier molecular flexibility index (Phi) is 5.18. The van der Waals surface area contributed by atoms with Crippen LogP contribution in [0.25, 0.3) is 0 Å². The highest BCUT2D eigenvalue weighted by Crippen LogP contribution is 2.18. The Morgan fingerprint density at radius 2 is 2.16 bits per heavy atom. The van der Waals surface area contributed by atoms with Crippen LogP contribution in [0.1, 0.15) is 12.8 Å². The van der Waals surface area contributed by atoms with Crippen molar-refractivity contribution in [3.05, 3.63) is 0 Å². The second-order valence-electron chi connectivity index (χ2n) is 4.27. The van der Waals surface area contributed by atoms with Gasteiger partial charge in [0.25, 0.3) is 0 Å².